The molecule has 0 aromatic carbocycles. The Kier molecular flexibility index (Phi) is 11.0. The van der Waals surface area contributed by atoms with E-state index in [1.165, 1.54) is 38.5 Å². The molecule has 0 saturated carbocycles. The predicted octanol–water partition coefficient (Wildman–Crippen LogP) is 1.34. The number of rotatable bonds is 10. The molecule has 84 valence electrons. The van der Waals surface area contributed by atoms with E-state index in [-0.39, 0.29) is 6.44 Å². The summed E-state index contributed by atoms with van der Waals surface area (Å²) in [5, 5.41) is 20.1. The van der Waals surface area contributed by atoms with Gasteiger partial charge in [0.15, 0.2) is 0 Å². The third-order valence-corrected chi connectivity index (χ3v) is 2.28. The minimum absolute atomic E-state index is 0.288. The summed E-state index contributed by atoms with van der Waals surface area (Å²) < 4.78 is 0. The Morgan fingerprint density at radius 1 is 0.929 bits per heavy atom. The van der Waals surface area contributed by atoms with Crippen LogP contribution in [-0.4, -0.2) is 30.2 Å². The van der Waals surface area contributed by atoms with Gasteiger partial charge >= 0.3 is 7.12 Å². The van der Waals surface area contributed by atoms with Gasteiger partial charge in [-0.2, -0.15) is 0 Å². The minimum Gasteiger partial charge on any atom is -0.426 e. The second kappa shape index (κ2) is 11.0. The van der Waals surface area contributed by atoms with Crippen molar-refractivity contribution in [3.8, 4) is 0 Å². The summed E-state index contributed by atoms with van der Waals surface area (Å²) >= 11 is 0. The maximum Gasteiger partial charge on any atom is 0.466 e. The maximum atomic E-state index is 8.55. The molecule has 14 heavy (non-hydrogen) atoms. The summed E-state index contributed by atoms with van der Waals surface area (Å²) in [4.78, 5) is 0. The molecule has 0 saturated heterocycles. The predicted molar refractivity (Wildman–Crippen MR) is 61.1 cm³/mol. The van der Waals surface area contributed by atoms with Crippen LogP contribution in [0.4, 0.5) is 0 Å². The van der Waals surface area contributed by atoms with E-state index < -0.39 is 7.12 Å². The summed E-state index contributed by atoms with van der Waals surface area (Å²) in [6, 6.07) is 0. The average Bonchev–Trinajstić information content (AvgIpc) is 2.15. The number of hydrogen-bond donors (Lipinski definition) is 3. The molecular formula is C10H24BNO2. The zero-order valence-corrected chi connectivity index (χ0v) is 9.34. The van der Waals surface area contributed by atoms with Crippen LogP contribution in [0.3, 0.4) is 0 Å². The molecule has 0 aliphatic rings. The number of nitrogens with one attached hydrogen (secondary N) is 1. The van der Waals surface area contributed by atoms with E-state index in [2.05, 4.69) is 12.2 Å². The van der Waals surface area contributed by atoms with E-state index in [9.17, 15) is 0 Å². The molecule has 0 atom stereocenters. The smallest absolute Gasteiger partial charge is 0.426 e. The minimum atomic E-state index is -1.21. The molecule has 0 spiro atoms. The van der Waals surface area contributed by atoms with Gasteiger partial charge in [0.1, 0.15) is 0 Å². The highest BCUT2D eigenvalue weighted by molar-refractivity contribution is 6.41. The van der Waals surface area contributed by atoms with Gasteiger partial charge in [0, 0.05) is 6.44 Å². The molecule has 0 amide bonds. The molecule has 0 radical (unpaired) electrons. The van der Waals surface area contributed by atoms with Crippen LogP contribution in [0.2, 0.25) is 0 Å². The highest BCUT2D eigenvalue weighted by Gasteiger charge is 2.03. The molecule has 0 aliphatic carbocycles. The van der Waals surface area contributed by atoms with Crippen molar-refractivity contribution in [2.75, 3.05) is 13.0 Å². The van der Waals surface area contributed by atoms with E-state index in [1.807, 2.05) is 0 Å². The van der Waals surface area contributed by atoms with Crippen LogP contribution < -0.4 is 5.32 Å². The standard InChI is InChI=1S/C10H24BNO2/c1-2-3-4-5-6-7-8-9-12-10-11(13)14/h12-14H,2-10H2,1H3. The first kappa shape index (κ1) is 13.9. The van der Waals surface area contributed by atoms with Gasteiger partial charge in [-0.3, -0.25) is 0 Å². The fourth-order valence-corrected chi connectivity index (χ4v) is 1.44. The Bertz CT molecular complexity index is 112. The number of unbranched alkanes of at least 4 members (excludes halogenated alkanes) is 6. The molecule has 0 bridgehead atoms. The summed E-state index contributed by atoms with van der Waals surface area (Å²) in [6.07, 6.45) is 9.34. The van der Waals surface area contributed by atoms with Crippen molar-refractivity contribution in [3.63, 3.8) is 0 Å². The first-order valence-electron chi connectivity index (χ1n) is 5.84. The zero-order chi connectivity index (χ0) is 10.6. The first-order valence-corrected chi connectivity index (χ1v) is 5.84. The monoisotopic (exact) mass is 201 g/mol. The Morgan fingerprint density at radius 3 is 2.07 bits per heavy atom. The van der Waals surface area contributed by atoms with Crippen LogP contribution in [-0.2, 0) is 0 Å². The van der Waals surface area contributed by atoms with Gasteiger partial charge in [0.05, 0.1) is 0 Å². The molecule has 0 aromatic heterocycles. The molecular weight excluding hydrogens is 177 g/mol. The molecule has 0 rings (SSSR count). The lowest BCUT2D eigenvalue weighted by Gasteiger charge is -2.03. The average molecular weight is 201 g/mol. The highest BCUT2D eigenvalue weighted by Crippen LogP contribution is 2.05. The first-order chi connectivity index (χ1) is 6.77. The Balaban J connectivity index is 2.85. The van der Waals surface area contributed by atoms with E-state index >= 15 is 0 Å². The van der Waals surface area contributed by atoms with Gasteiger partial charge in [-0.1, -0.05) is 45.4 Å². The fraction of sp³-hybridized carbons (Fsp3) is 1.00. The van der Waals surface area contributed by atoms with Gasteiger partial charge in [-0.05, 0) is 13.0 Å². The third-order valence-electron chi connectivity index (χ3n) is 2.28. The topological polar surface area (TPSA) is 52.5 Å². The van der Waals surface area contributed by atoms with Gasteiger partial charge < -0.3 is 15.4 Å². The second-order valence-electron chi connectivity index (χ2n) is 3.81. The van der Waals surface area contributed by atoms with Crippen LogP contribution in [0.1, 0.15) is 51.9 Å². The van der Waals surface area contributed by atoms with Crippen molar-refractivity contribution < 1.29 is 10.0 Å². The van der Waals surface area contributed by atoms with Gasteiger partial charge in [-0.25, -0.2) is 0 Å². The Labute approximate surface area is 88.1 Å². The molecule has 0 heterocycles. The maximum absolute atomic E-state index is 8.55. The molecule has 3 nitrogen and oxygen atoms in total. The van der Waals surface area contributed by atoms with Crippen molar-refractivity contribution in [1.29, 1.82) is 0 Å². The van der Waals surface area contributed by atoms with Crippen molar-refractivity contribution in [2.45, 2.75) is 51.9 Å². The van der Waals surface area contributed by atoms with Crippen LogP contribution >= 0.6 is 0 Å². The zero-order valence-electron chi connectivity index (χ0n) is 9.34. The molecule has 0 fully saturated rings. The number of hydrogen-bond acceptors (Lipinski definition) is 3. The summed E-state index contributed by atoms with van der Waals surface area (Å²) in [5.41, 5.74) is 0. The summed E-state index contributed by atoms with van der Waals surface area (Å²) in [6.45, 7) is 3.12. The van der Waals surface area contributed by atoms with E-state index in [0.717, 1.165) is 13.0 Å². The fourth-order valence-electron chi connectivity index (χ4n) is 1.44. The normalized spacial score (nSPS) is 10.5. The van der Waals surface area contributed by atoms with E-state index in [0.29, 0.717) is 0 Å². The van der Waals surface area contributed by atoms with E-state index in [1.54, 1.807) is 0 Å². The molecule has 3 N–H and O–H groups in total. The lowest BCUT2D eigenvalue weighted by Crippen LogP contribution is -2.31. The lowest BCUT2D eigenvalue weighted by molar-refractivity contribution is 0.398. The van der Waals surface area contributed by atoms with Crippen molar-refractivity contribution >= 4 is 7.12 Å². The van der Waals surface area contributed by atoms with Crippen molar-refractivity contribution in [1.82, 2.24) is 5.32 Å². The second-order valence-corrected chi connectivity index (χ2v) is 3.81. The molecule has 0 aliphatic heterocycles. The third kappa shape index (κ3) is 11.9. The summed E-state index contributed by atoms with van der Waals surface area (Å²) in [7, 11) is -1.21. The molecule has 4 heteroatoms. The lowest BCUT2D eigenvalue weighted by atomic mass is 9.92. The van der Waals surface area contributed by atoms with Crippen LogP contribution in [0, 0.1) is 0 Å². The van der Waals surface area contributed by atoms with Gasteiger partial charge in [0.25, 0.3) is 0 Å². The SMILES string of the molecule is CCCCCCCCCNCB(O)O. The van der Waals surface area contributed by atoms with Gasteiger partial charge in [-0.15, -0.1) is 0 Å². The quantitative estimate of drug-likeness (QED) is 0.369. The highest BCUT2D eigenvalue weighted by atomic mass is 16.4. The van der Waals surface area contributed by atoms with Crippen molar-refractivity contribution in [3.05, 3.63) is 0 Å². The van der Waals surface area contributed by atoms with Crippen LogP contribution in [0.5, 0.6) is 0 Å². The molecule has 0 aromatic rings. The summed E-state index contributed by atoms with van der Waals surface area (Å²) in [5.74, 6) is 0. The molecule has 0 unspecified atom stereocenters. The Hall–Kier alpha value is -0.0551. The largest absolute Gasteiger partial charge is 0.466 e. The van der Waals surface area contributed by atoms with Crippen LogP contribution in [0.25, 0.3) is 0 Å². The Morgan fingerprint density at radius 2 is 1.50 bits per heavy atom. The van der Waals surface area contributed by atoms with E-state index in [4.69, 9.17) is 10.0 Å². The van der Waals surface area contributed by atoms with Crippen LogP contribution in [0.15, 0.2) is 0 Å². The van der Waals surface area contributed by atoms with Crippen molar-refractivity contribution in [2.24, 2.45) is 0 Å². The van der Waals surface area contributed by atoms with Gasteiger partial charge in [0.2, 0.25) is 0 Å².